The molecule has 100 valence electrons. The number of likely N-dealkylation sites (tertiary alicyclic amines) is 1. The van der Waals surface area contributed by atoms with Crippen molar-refractivity contribution in [1.82, 2.24) is 4.90 Å². The Labute approximate surface area is 107 Å². The van der Waals surface area contributed by atoms with Crippen molar-refractivity contribution in [3.63, 3.8) is 0 Å². The van der Waals surface area contributed by atoms with Gasteiger partial charge in [-0.3, -0.25) is 4.90 Å². The molecule has 0 aromatic heterocycles. The maximum atomic E-state index is 6.50. The van der Waals surface area contributed by atoms with Gasteiger partial charge in [0.05, 0.1) is 0 Å². The zero-order valence-corrected chi connectivity index (χ0v) is 12.1. The molecule has 1 saturated carbocycles. The Morgan fingerprint density at radius 1 is 1.12 bits per heavy atom. The largest absolute Gasteiger partial charge is 0.327 e. The normalized spacial score (nSPS) is 37.2. The summed E-state index contributed by atoms with van der Waals surface area (Å²) in [6.45, 7) is 12.0. The first-order valence-electron chi connectivity index (χ1n) is 7.34. The second kappa shape index (κ2) is 4.55. The molecule has 2 heteroatoms. The molecule has 2 fully saturated rings. The minimum absolute atomic E-state index is 0.340. The van der Waals surface area contributed by atoms with Gasteiger partial charge in [-0.2, -0.15) is 0 Å². The molecule has 1 heterocycles. The quantitative estimate of drug-likeness (QED) is 0.801. The van der Waals surface area contributed by atoms with Crippen LogP contribution < -0.4 is 5.73 Å². The highest BCUT2D eigenvalue weighted by Gasteiger charge is 2.40. The second-order valence-corrected chi connectivity index (χ2v) is 7.53. The first-order chi connectivity index (χ1) is 7.83. The molecule has 0 spiro atoms. The average molecular weight is 238 g/mol. The molecule has 2 aliphatic rings. The van der Waals surface area contributed by atoms with Crippen LogP contribution in [0.5, 0.6) is 0 Å². The number of hydrogen-bond acceptors (Lipinski definition) is 2. The lowest BCUT2D eigenvalue weighted by Gasteiger charge is -2.45. The van der Waals surface area contributed by atoms with Crippen LogP contribution in [-0.2, 0) is 0 Å². The fourth-order valence-electron chi connectivity index (χ4n) is 3.79. The van der Waals surface area contributed by atoms with Crippen molar-refractivity contribution in [2.45, 2.75) is 71.4 Å². The Morgan fingerprint density at radius 3 is 2.41 bits per heavy atom. The third-order valence-electron chi connectivity index (χ3n) is 5.33. The zero-order valence-electron chi connectivity index (χ0n) is 12.1. The van der Waals surface area contributed by atoms with E-state index in [4.69, 9.17) is 5.73 Å². The summed E-state index contributed by atoms with van der Waals surface area (Å²) in [6.07, 6.45) is 6.70. The fourth-order valence-corrected chi connectivity index (χ4v) is 3.79. The van der Waals surface area contributed by atoms with Crippen LogP contribution in [0.2, 0.25) is 0 Å². The van der Waals surface area contributed by atoms with Crippen LogP contribution in [0, 0.1) is 11.3 Å². The molecule has 0 aromatic rings. The number of nitrogens with zero attached hydrogens (tertiary/aromatic N) is 1. The zero-order chi connectivity index (χ0) is 12.7. The summed E-state index contributed by atoms with van der Waals surface area (Å²) in [6, 6.07) is 0.382. The van der Waals surface area contributed by atoms with Crippen molar-refractivity contribution in [3.8, 4) is 0 Å². The van der Waals surface area contributed by atoms with Gasteiger partial charge in [0.1, 0.15) is 0 Å². The Kier molecular flexibility index (Phi) is 3.57. The SMILES string of the molecule is CC1(C)CCCC(CN2CCCC2(C)C)C1N. The van der Waals surface area contributed by atoms with Crippen molar-refractivity contribution < 1.29 is 0 Å². The van der Waals surface area contributed by atoms with E-state index in [1.165, 1.54) is 45.2 Å². The molecule has 2 N–H and O–H groups in total. The fraction of sp³-hybridized carbons (Fsp3) is 1.00. The van der Waals surface area contributed by atoms with Gasteiger partial charge in [0.2, 0.25) is 0 Å². The average Bonchev–Trinajstić information content (AvgIpc) is 2.54. The summed E-state index contributed by atoms with van der Waals surface area (Å²) >= 11 is 0. The van der Waals surface area contributed by atoms with Gasteiger partial charge >= 0.3 is 0 Å². The van der Waals surface area contributed by atoms with E-state index < -0.39 is 0 Å². The molecule has 2 unspecified atom stereocenters. The van der Waals surface area contributed by atoms with E-state index in [1.807, 2.05) is 0 Å². The molecule has 0 aromatic carbocycles. The molecular formula is C15H30N2. The smallest absolute Gasteiger partial charge is 0.0153 e. The lowest BCUT2D eigenvalue weighted by molar-refractivity contribution is 0.0765. The van der Waals surface area contributed by atoms with E-state index in [-0.39, 0.29) is 0 Å². The van der Waals surface area contributed by atoms with Crippen LogP contribution in [0.15, 0.2) is 0 Å². The topological polar surface area (TPSA) is 29.3 Å². The first-order valence-corrected chi connectivity index (χ1v) is 7.34. The van der Waals surface area contributed by atoms with Crippen molar-refractivity contribution in [2.75, 3.05) is 13.1 Å². The van der Waals surface area contributed by atoms with Crippen molar-refractivity contribution in [1.29, 1.82) is 0 Å². The maximum Gasteiger partial charge on any atom is 0.0153 e. The van der Waals surface area contributed by atoms with Gasteiger partial charge in [0, 0.05) is 18.1 Å². The van der Waals surface area contributed by atoms with Crippen LogP contribution in [0.3, 0.4) is 0 Å². The summed E-state index contributed by atoms with van der Waals surface area (Å²) in [4.78, 5) is 2.68. The van der Waals surface area contributed by atoms with Crippen molar-refractivity contribution in [3.05, 3.63) is 0 Å². The molecule has 1 saturated heterocycles. The van der Waals surface area contributed by atoms with E-state index in [1.54, 1.807) is 0 Å². The lowest BCUT2D eigenvalue weighted by Crippen LogP contribution is -2.52. The summed E-state index contributed by atoms with van der Waals surface area (Å²) in [5.74, 6) is 0.705. The lowest BCUT2D eigenvalue weighted by atomic mass is 9.68. The number of rotatable bonds is 2. The predicted molar refractivity (Wildman–Crippen MR) is 74.0 cm³/mol. The minimum atomic E-state index is 0.340. The number of nitrogens with two attached hydrogens (primary N) is 1. The summed E-state index contributed by atoms with van der Waals surface area (Å²) in [5.41, 5.74) is 7.24. The van der Waals surface area contributed by atoms with Crippen LogP contribution in [0.25, 0.3) is 0 Å². The van der Waals surface area contributed by atoms with Gasteiger partial charge < -0.3 is 5.73 Å². The third-order valence-corrected chi connectivity index (χ3v) is 5.33. The third kappa shape index (κ3) is 2.68. The first kappa shape index (κ1) is 13.4. The molecule has 2 atom stereocenters. The molecule has 2 rings (SSSR count). The van der Waals surface area contributed by atoms with Crippen molar-refractivity contribution in [2.24, 2.45) is 17.1 Å². The molecule has 0 amide bonds. The van der Waals surface area contributed by atoms with Crippen LogP contribution in [0.1, 0.15) is 59.8 Å². The number of hydrogen-bond donors (Lipinski definition) is 1. The molecule has 17 heavy (non-hydrogen) atoms. The molecule has 2 nitrogen and oxygen atoms in total. The molecule has 1 aliphatic heterocycles. The van der Waals surface area contributed by atoms with Gasteiger partial charge in [0.25, 0.3) is 0 Å². The van der Waals surface area contributed by atoms with Gasteiger partial charge in [-0.15, -0.1) is 0 Å². The van der Waals surface area contributed by atoms with Gasteiger partial charge in [-0.05, 0) is 57.4 Å². The van der Waals surface area contributed by atoms with Crippen molar-refractivity contribution >= 4 is 0 Å². The van der Waals surface area contributed by atoms with Crippen LogP contribution in [0.4, 0.5) is 0 Å². The van der Waals surface area contributed by atoms with E-state index in [9.17, 15) is 0 Å². The highest BCUT2D eigenvalue weighted by atomic mass is 15.2. The highest BCUT2D eigenvalue weighted by Crippen LogP contribution is 2.39. The predicted octanol–water partition coefficient (Wildman–Crippen LogP) is 3.01. The Morgan fingerprint density at radius 2 is 1.82 bits per heavy atom. The summed E-state index contributed by atoms with van der Waals surface area (Å²) in [7, 11) is 0. The maximum absolute atomic E-state index is 6.50. The molecule has 0 bridgehead atoms. The summed E-state index contributed by atoms with van der Waals surface area (Å²) < 4.78 is 0. The standard InChI is InChI=1S/C15H30N2/c1-14(2)8-5-7-12(13(14)16)11-17-10-6-9-15(17,3)4/h12-13H,5-11,16H2,1-4H3. The second-order valence-electron chi connectivity index (χ2n) is 7.53. The summed E-state index contributed by atoms with van der Waals surface area (Å²) in [5, 5.41) is 0. The molecule has 0 radical (unpaired) electrons. The highest BCUT2D eigenvalue weighted by molar-refractivity contribution is 4.95. The minimum Gasteiger partial charge on any atom is -0.327 e. The van der Waals surface area contributed by atoms with E-state index in [0.717, 1.165) is 0 Å². The van der Waals surface area contributed by atoms with Crippen LogP contribution in [-0.4, -0.2) is 29.6 Å². The Bertz CT molecular complexity index is 270. The Balaban J connectivity index is 1.99. The van der Waals surface area contributed by atoms with Gasteiger partial charge in [-0.1, -0.05) is 20.3 Å². The van der Waals surface area contributed by atoms with E-state index in [2.05, 4.69) is 32.6 Å². The Hall–Kier alpha value is -0.0800. The monoisotopic (exact) mass is 238 g/mol. The molecule has 1 aliphatic carbocycles. The van der Waals surface area contributed by atoms with E-state index in [0.29, 0.717) is 22.9 Å². The van der Waals surface area contributed by atoms with Gasteiger partial charge in [0.15, 0.2) is 0 Å². The van der Waals surface area contributed by atoms with E-state index >= 15 is 0 Å². The van der Waals surface area contributed by atoms with Gasteiger partial charge in [-0.25, -0.2) is 0 Å². The van der Waals surface area contributed by atoms with Crippen LogP contribution >= 0.6 is 0 Å². The molecular weight excluding hydrogens is 208 g/mol.